The van der Waals surface area contributed by atoms with Crippen LogP contribution in [0.4, 0.5) is 0 Å². The number of aliphatic hydroxyl groups is 1. The molecule has 2 N–H and O–H groups in total. The summed E-state index contributed by atoms with van der Waals surface area (Å²) in [5.74, 6) is -0.0951. The lowest BCUT2D eigenvalue weighted by molar-refractivity contribution is -0.117. The van der Waals surface area contributed by atoms with Gasteiger partial charge in [0.1, 0.15) is 5.65 Å². The normalized spacial score (nSPS) is 22.7. The topological polar surface area (TPSA) is 66.6 Å². The highest BCUT2D eigenvalue weighted by Crippen LogP contribution is 2.18. The minimum absolute atomic E-state index is 0.0951. The number of fused-ring (bicyclic) bond motifs is 1. The highest BCUT2D eigenvalue weighted by Gasteiger charge is 2.19. The molecule has 110 valence electrons. The summed E-state index contributed by atoms with van der Waals surface area (Å²) < 4.78 is 1.93. The van der Waals surface area contributed by atoms with E-state index in [1.807, 2.05) is 28.8 Å². The molecule has 1 amide bonds. The van der Waals surface area contributed by atoms with Gasteiger partial charge in [-0.1, -0.05) is 6.07 Å². The summed E-state index contributed by atoms with van der Waals surface area (Å²) in [6, 6.07) is 5.96. The van der Waals surface area contributed by atoms with Crippen LogP contribution in [0.3, 0.4) is 0 Å². The Morgan fingerprint density at radius 2 is 2.14 bits per heavy atom. The van der Waals surface area contributed by atoms with Crippen molar-refractivity contribution in [2.45, 2.75) is 37.8 Å². The third-order valence-electron chi connectivity index (χ3n) is 3.89. The molecule has 2 heterocycles. The molecule has 1 saturated carbocycles. The second kappa shape index (κ2) is 6.10. The predicted molar refractivity (Wildman–Crippen MR) is 80.6 cm³/mol. The number of imidazole rings is 1. The lowest BCUT2D eigenvalue weighted by Gasteiger charge is -2.25. The summed E-state index contributed by atoms with van der Waals surface area (Å²) in [4.78, 5) is 16.2. The number of carbonyl (C=O) groups excluding carboxylic acids is 1. The SMILES string of the molecule is O=C(/C=C/c1cnc2ccccn12)NC1CCC(O)CC1. The van der Waals surface area contributed by atoms with Crippen molar-refractivity contribution in [2.24, 2.45) is 0 Å². The van der Waals surface area contributed by atoms with E-state index >= 15 is 0 Å². The molecule has 0 saturated heterocycles. The van der Waals surface area contributed by atoms with Gasteiger partial charge in [0.25, 0.3) is 0 Å². The molecular weight excluding hydrogens is 266 g/mol. The van der Waals surface area contributed by atoms with Crippen molar-refractivity contribution in [2.75, 3.05) is 0 Å². The van der Waals surface area contributed by atoms with Crippen molar-refractivity contribution >= 4 is 17.6 Å². The Balaban J connectivity index is 1.62. The molecule has 2 aromatic heterocycles. The largest absolute Gasteiger partial charge is 0.393 e. The van der Waals surface area contributed by atoms with Crippen molar-refractivity contribution in [1.29, 1.82) is 0 Å². The Labute approximate surface area is 123 Å². The Morgan fingerprint density at radius 1 is 1.33 bits per heavy atom. The van der Waals surface area contributed by atoms with E-state index in [0.717, 1.165) is 37.0 Å². The van der Waals surface area contributed by atoms with Crippen LogP contribution >= 0.6 is 0 Å². The van der Waals surface area contributed by atoms with Crippen LogP contribution in [0.2, 0.25) is 0 Å². The maximum atomic E-state index is 11.9. The van der Waals surface area contributed by atoms with Crippen LogP contribution in [0.25, 0.3) is 11.7 Å². The fourth-order valence-electron chi connectivity index (χ4n) is 2.71. The van der Waals surface area contributed by atoms with Crippen molar-refractivity contribution < 1.29 is 9.90 Å². The molecule has 0 unspecified atom stereocenters. The van der Waals surface area contributed by atoms with Gasteiger partial charge in [-0.3, -0.25) is 4.79 Å². The molecule has 0 radical (unpaired) electrons. The van der Waals surface area contributed by atoms with Crippen LogP contribution in [0, 0.1) is 0 Å². The first-order chi connectivity index (χ1) is 10.2. The van der Waals surface area contributed by atoms with E-state index in [1.165, 1.54) is 0 Å². The van der Waals surface area contributed by atoms with Crippen LogP contribution in [0.1, 0.15) is 31.4 Å². The monoisotopic (exact) mass is 285 g/mol. The third kappa shape index (κ3) is 3.31. The molecule has 0 atom stereocenters. The van der Waals surface area contributed by atoms with Gasteiger partial charge in [0, 0.05) is 18.3 Å². The van der Waals surface area contributed by atoms with E-state index < -0.39 is 0 Å². The molecule has 0 aromatic carbocycles. The Hall–Kier alpha value is -2.14. The Bertz CT molecular complexity index is 654. The molecular formula is C16H19N3O2. The number of nitrogens with zero attached hydrogens (tertiary/aromatic N) is 2. The fourth-order valence-corrected chi connectivity index (χ4v) is 2.71. The summed E-state index contributed by atoms with van der Waals surface area (Å²) in [7, 11) is 0. The van der Waals surface area contributed by atoms with E-state index in [1.54, 1.807) is 18.3 Å². The van der Waals surface area contributed by atoms with Crippen LogP contribution < -0.4 is 5.32 Å². The van der Waals surface area contributed by atoms with Gasteiger partial charge in [0.15, 0.2) is 0 Å². The third-order valence-corrected chi connectivity index (χ3v) is 3.89. The average molecular weight is 285 g/mol. The number of hydrogen-bond donors (Lipinski definition) is 2. The summed E-state index contributed by atoms with van der Waals surface area (Å²) in [6.45, 7) is 0. The van der Waals surface area contributed by atoms with Gasteiger partial charge in [-0.25, -0.2) is 4.98 Å². The number of nitrogens with one attached hydrogen (secondary N) is 1. The smallest absolute Gasteiger partial charge is 0.244 e. The molecule has 0 aliphatic heterocycles. The van der Waals surface area contributed by atoms with Gasteiger partial charge in [-0.15, -0.1) is 0 Å². The molecule has 21 heavy (non-hydrogen) atoms. The molecule has 1 aliphatic carbocycles. The average Bonchev–Trinajstić information content (AvgIpc) is 2.91. The quantitative estimate of drug-likeness (QED) is 0.845. The fraction of sp³-hybridized carbons (Fsp3) is 0.375. The van der Waals surface area contributed by atoms with Gasteiger partial charge in [0.2, 0.25) is 5.91 Å². The van der Waals surface area contributed by atoms with Crippen LogP contribution in [0.5, 0.6) is 0 Å². The highest BCUT2D eigenvalue weighted by molar-refractivity contribution is 5.91. The number of carbonyl (C=O) groups is 1. The summed E-state index contributed by atoms with van der Waals surface area (Å²) in [5.41, 5.74) is 1.73. The maximum absolute atomic E-state index is 11.9. The van der Waals surface area contributed by atoms with E-state index in [2.05, 4.69) is 10.3 Å². The second-order valence-corrected chi connectivity index (χ2v) is 5.46. The summed E-state index contributed by atoms with van der Waals surface area (Å²) in [6.07, 6.45) is 10.00. The van der Waals surface area contributed by atoms with Gasteiger partial charge < -0.3 is 14.8 Å². The number of aliphatic hydroxyl groups excluding tert-OH is 1. The molecule has 1 fully saturated rings. The van der Waals surface area contributed by atoms with Crippen LogP contribution in [-0.2, 0) is 4.79 Å². The summed E-state index contributed by atoms with van der Waals surface area (Å²) in [5, 5.41) is 12.4. The lowest BCUT2D eigenvalue weighted by Crippen LogP contribution is -2.37. The zero-order valence-electron chi connectivity index (χ0n) is 11.8. The standard InChI is InChI=1S/C16H19N3O2/c20-14-7-4-12(5-8-14)18-16(21)9-6-13-11-17-15-3-1-2-10-19(13)15/h1-3,6,9-12,14,20H,4-5,7-8H2,(H,18,21)/b9-6+. The molecule has 5 heteroatoms. The zero-order valence-corrected chi connectivity index (χ0v) is 11.8. The zero-order chi connectivity index (χ0) is 14.7. The Kier molecular flexibility index (Phi) is 4.01. The predicted octanol–water partition coefficient (Wildman–Crippen LogP) is 1.77. The first-order valence-electron chi connectivity index (χ1n) is 7.31. The van der Waals surface area contributed by atoms with E-state index in [9.17, 15) is 9.90 Å². The van der Waals surface area contributed by atoms with Crippen molar-refractivity contribution in [1.82, 2.24) is 14.7 Å². The van der Waals surface area contributed by atoms with Crippen molar-refractivity contribution in [3.05, 3.63) is 42.4 Å². The Morgan fingerprint density at radius 3 is 2.95 bits per heavy atom. The minimum atomic E-state index is -0.202. The van der Waals surface area contributed by atoms with Crippen molar-refractivity contribution in [3.8, 4) is 0 Å². The van der Waals surface area contributed by atoms with Gasteiger partial charge in [-0.05, 0) is 43.9 Å². The number of rotatable bonds is 3. The molecule has 2 aromatic rings. The molecule has 0 bridgehead atoms. The summed E-state index contributed by atoms with van der Waals surface area (Å²) >= 11 is 0. The molecule has 0 spiro atoms. The maximum Gasteiger partial charge on any atom is 0.244 e. The lowest BCUT2D eigenvalue weighted by atomic mass is 9.93. The number of hydrogen-bond acceptors (Lipinski definition) is 3. The number of pyridine rings is 1. The molecule has 5 nitrogen and oxygen atoms in total. The number of aromatic nitrogens is 2. The van der Waals surface area contributed by atoms with E-state index in [0.29, 0.717) is 0 Å². The van der Waals surface area contributed by atoms with Gasteiger partial charge >= 0.3 is 0 Å². The highest BCUT2D eigenvalue weighted by atomic mass is 16.3. The van der Waals surface area contributed by atoms with E-state index in [4.69, 9.17) is 0 Å². The molecule has 1 aliphatic rings. The first-order valence-corrected chi connectivity index (χ1v) is 7.31. The minimum Gasteiger partial charge on any atom is -0.393 e. The van der Waals surface area contributed by atoms with Crippen LogP contribution in [0.15, 0.2) is 36.7 Å². The number of amides is 1. The van der Waals surface area contributed by atoms with Crippen LogP contribution in [-0.4, -0.2) is 32.5 Å². The van der Waals surface area contributed by atoms with Gasteiger partial charge in [-0.2, -0.15) is 0 Å². The second-order valence-electron chi connectivity index (χ2n) is 5.46. The molecule has 3 rings (SSSR count). The van der Waals surface area contributed by atoms with Crippen molar-refractivity contribution in [3.63, 3.8) is 0 Å². The van der Waals surface area contributed by atoms with Gasteiger partial charge in [0.05, 0.1) is 18.0 Å². The first kappa shape index (κ1) is 13.8. The van der Waals surface area contributed by atoms with E-state index in [-0.39, 0.29) is 18.1 Å².